The van der Waals surface area contributed by atoms with Crippen LogP contribution in [-0.4, -0.2) is 62.1 Å². The standard InChI is InChI=1S/C10H22O5/c1-8(11)4-14-6-10(12)7-15-5-9(2)13-3/h8-12H,4-7H2,1-3H3. The lowest BCUT2D eigenvalue weighted by Gasteiger charge is -2.14. The molecule has 0 fully saturated rings. The van der Waals surface area contributed by atoms with E-state index in [9.17, 15) is 5.11 Å². The third-order valence-corrected chi connectivity index (χ3v) is 1.73. The van der Waals surface area contributed by atoms with E-state index in [0.717, 1.165) is 0 Å². The van der Waals surface area contributed by atoms with Crippen LogP contribution in [0.3, 0.4) is 0 Å². The van der Waals surface area contributed by atoms with Crippen LogP contribution in [-0.2, 0) is 14.2 Å². The first kappa shape index (κ1) is 14.8. The minimum absolute atomic E-state index is 0.0237. The van der Waals surface area contributed by atoms with Crippen LogP contribution >= 0.6 is 0 Å². The molecule has 0 rings (SSSR count). The first-order valence-corrected chi connectivity index (χ1v) is 5.10. The van der Waals surface area contributed by atoms with Gasteiger partial charge in [-0.1, -0.05) is 0 Å². The first-order chi connectivity index (χ1) is 7.06. The Morgan fingerprint density at radius 3 is 1.93 bits per heavy atom. The molecule has 0 spiro atoms. The van der Waals surface area contributed by atoms with E-state index >= 15 is 0 Å². The average Bonchev–Trinajstić information content (AvgIpc) is 2.17. The fourth-order valence-electron chi connectivity index (χ4n) is 0.861. The van der Waals surface area contributed by atoms with Gasteiger partial charge in [-0.2, -0.15) is 0 Å². The molecule has 0 heterocycles. The zero-order chi connectivity index (χ0) is 11.7. The normalized spacial score (nSPS) is 17.4. The molecule has 0 aromatic heterocycles. The third-order valence-electron chi connectivity index (χ3n) is 1.73. The molecule has 0 aliphatic rings. The van der Waals surface area contributed by atoms with Crippen LogP contribution in [0.1, 0.15) is 13.8 Å². The molecule has 0 aliphatic carbocycles. The van der Waals surface area contributed by atoms with Crippen molar-refractivity contribution in [3.05, 3.63) is 0 Å². The van der Waals surface area contributed by atoms with Crippen molar-refractivity contribution in [3.8, 4) is 0 Å². The van der Waals surface area contributed by atoms with Gasteiger partial charge in [-0.15, -0.1) is 0 Å². The van der Waals surface area contributed by atoms with Crippen LogP contribution in [0.4, 0.5) is 0 Å². The second-order valence-corrected chi connectivity index (χ2v) is 3.62. The third kappa shape index (κ3) is 10.1. The summed E-state index contributed by atoms with van der Waals surface area (Å²) >= 11 is 0. The Morgan fingerprint density at radius 2 is 1.47 bits per heavy atom. The lowest BCUT2D eigenvalue weighted by molar-refractivity contribution is -0.0532. The molecule has 92 valence electrons. The van der Waals surface area contributed by atoms with E-state index in [1.54, 1.807) is 14.0 Å². The fraction of sp³-hybridized carbons (Fsp3) is 1.00. The molecule has 0 bridgehead atoms. The largest absolute Gasteiger partial charge is 0.391 e. The van der Waals surface area contributed by atoms with Gasteiger partial charge >= 0.3 is 0 Å². The number of hydrogen-bond donors (Lipinski definition) is 2. The lowest BCUT2D eigenvalue weighted by atomic mass is 10.4. The first-order valence-electron chi connectivity index (χ1n) is 5.10. The lowest BCUT2D eigenvalue weighted by Crippen LogP contribution is -2.26. The van der Waals surface area contributed by atoms with Gasteiger partial charge in [-0.05, 0) is 13.8 Å². The van der Waals surface area contributed by atoms with Gasteiger partial charge in [-0.3, -0.25) is 0 Å². The van der Waals surface area contributed by atoms with Crippen molar-refractivity contribution < 1.29 is 24.4 Å². The predicted molar refractivity (Wildman–Crippen MR) is 55.8 cm³/mol. The second-order valence-electron chi connectivity index (χ2n) is 3.62. The van der Waals surface area contributed by atoms with Gasteiger partial charge in [0.05, 0.1) is 38.6 Å². The van der Waals surface area contributed by atoms with Crippen LogP contribution in [0, 0.1) is 0 Å². The summed E-state index contributed by atoms with van der Waals surface area (Å²) in [4.78, 5) is 0. The van der Waals surface area contributed by atoms with Crippen LogP contribution < -0.4 is 0 Å². The summed E-state index contributed by atoms with van der Waals surface area (Å²) in [6.07, 6.45) is -1.14. The molecule has 0 aromatic carbocycles. The van der Waals surface area contributed by atoms with Gasteiger partial charge in [0.25, 0.3) is 0 Å². The molecular formula is C10H22O5. The smallest absolute Gasteiger partial charge is 0.101 e. The zero-order valence-corrected chi connectivity index (χ0v) is 9.68. The average molecular weight is 222 g/mol. The Bertz CT molecular complexity index is 140. The zero-order valence-electron chi connectivity index (χ0n) is 9.68. The van der Waals surface area contributed by atoms with Crippen molar-refractivity contribution in [1.29, 1.82) is 0 Å². The van der Waals surface area contributed by atoms with Crippen molar-refractivity contribution in [2.75, 3.05) is 33.5 Å². The van der Waals surface area contributed by atoms with Gasteiger partial charge in [-0.25, -0.2) is 0 Å². The van der Waals surface area contributed by atoms with E-state index in [2.05, 4.69) is 0 Å². The van der Waals surface area contributed by atoms with Crippen molar-refractivity contribution >= 4 is 0 Å². The maximum atomic E-state index is 9.38. The molecule has 5 nitrogen and oxygen atoms in total. The van der Waals surface area contributed by atoms with Crippen molar-refractivity contribution in [2.45, 2.75) is 32.2 Å². The van der Waals surface area contributed by atoms with Crippen LogP contribution in [0.5, 0.6) is 0 Å². The van der Waals surface area contributed by atoms with E-state index in [4.69, 9.17) is 19.3 Å². The number of rotatable bonds is 9. The molecule has 3 atom stereocenters. The number of aliphatic hydroxyl groups is 2. The van der Waals surface area contributed by atoms with Gasteiger partial charge < -0.3 is 24.4 Å². The quantitative estimate of drug-likeness (QED) is 0.565. The van der Waals surface area contributed by atoms with E-state index < -0.39 is 12.2 Å². The van der Waals surface area contributed by atoms with Gasteiger partial charge in [0, 0.05) is 7.11 Å². The van der Waals surface area contributed by atoms with Gasteiger partial charge in [0.15, 0.2) is 0 Å². The molecule has 2 N–H and O–H groups in total. The van der Waals surface area contributed by atoms with E-state index in [-0.39, 0.29) is 25.9 Å². The van der Waals surface area contributed by atoms with E-state index in [1.807, 2.05) is 6.92 Å². The molecule has 0 radical (unpaired) electrons. The van der Waals surface area contributed by atoms with Crippen LogP contribution in [0.2, 0.25) is 0 Å². The summed E-state index contributed by atoms with van der Waals surface area (Å²) in [6.45, 7) is 4.58. The summed E-state index contributed by atoms with van der Waals surface area (Å²) in [5, 5.41) is 18.3. The molecule has 15 heavy (non-hydrogen) atoms. The predicted octanol–water partition coefficient (Wildman–Crippen LogP) is -0.204. The number of ether oxygens (including phenoxy) is 3. The highest BCUT2D eigenvalue weighted by Gasteiger charge is 2.07. The van der Waals surface area contributed by atoms with Crippen molar-refractivity contribution in [2.24, 2.45) is 0 Å². The summed E-state index contributed by atoms with van der Waals surface area (Å²) in [7, 11) is 1.61. The SMILES string of the molecule is COC(C)COCC(O)COCC(C)O. The Labute approximate surface area is 91.0 Å². The molecule has 0 amide bonds. The van der Waals surface area contributed by atoms with Crippen molar-refractivity contribution in [1.82, 2.24) is 0 Å². The Kier molecular flexibility index (Phi) is 8.94. The summed E-state index contributed by atoms with van der Waals surface area (Å²) in [5.41, 5.74) is 0. The highest BCUT2D eigenvalue weighted by Crippen LogP contribution is 1.93. The molecule has 3 unspecified atom stereocenters. The summed E-state index contributed by atoms with van der Waals surface area (Å²) in [6, 6.07) is 0. The van der Waals surface area contributed by atoms with E-state index in [0.29, 0.717) is 6.61 Å². The molecule has 0 aromatic rings. The summed E-state index contributed by atoms with van der Waals surface area (Å²) in [5.74, 6) is 0. The summed E-state index contributed by atoms with van der Waals surface area (Å²) < 4.78 is 15.2. The topological polar surface area (TPSA) is 68.2 Å². The Hall–Kier alpha value is -0.200. The highest BCUT2D eigenvalue weighted by molar-refractivity contribution is 4.54. The maximum absolute atomic E-state index is 9.38. The number of methoxy groups -OCH3 is 1. The van der Waals surface area contributed by atoms with Crippen LogP contribution in [0.25, 0.3) is 0 Å². The maximum Gasteiger partial charge on any atom is 0.101 e. The second kappa shape index (κ2) is 9.06. The minimum atomic E-state index is -0.659. The molecular weight excluding hydrogens is 200 g/mol. The van der Waals surface area contributed by atoms with E-state index in [1.165, 1.54) is 0 Å². The van der Waals surface area contributed by atoms with Gasteiger partial charge in [0.2, 0.25) is 0 Å². The highest BCUT2D eigenvalue weighted by atomic mass is 16.5. The fourth-order valence-corrected chi connectivity index (χ4v) is 0.861. The molecule has 0 saturated carbocycles. The number of hydrogen-bond acceptors (Lipinski definition) is 5. The van der Waals surface area contributed by atoms with Gasteiger partial charge in [0.1, 0.15) is 6.10 Å². The molecule has 0 aliphatic heterocycles. The monoisotopic (exact) mass is 222 g/mol. The van der Waals surface area contributed by atoms with Crippen molar-refractivity contribution in [3.63, 3.8) is 0 Å². The van der Waals surface area contributed by atoms with Crippen LogP contribution in [0.15, 0.2) is 0 Å². The Morgan fingerprint density at radius 1 is 0.933 bits per heavy atom. The number of aliphatic hydroxyl groups excluding tert-OH is 2. The minimum Gasteiger partial charge on any atom is -0.391 e. The Balaban J connectivity index is 3.29. The molecule has 0 saturated heterocycles. The molecule has 5 heteroatoms.